The molecule has 0 aliphatic carbocycles. The van der Waals surface area contributed by atoms with Crippen molar-refractivity contribution in [2.45, 2.75) is 13.0 Å². The number of methoxy groups -OCH3 is 1. The molecule has 1 aromatic carbocycles. The third-order valence-corrected chi connectivity index (χ3v) is 4.73. The van der Waals surface area contributed by atoms with Crippen LogP contribution in [-0.2, 0) is 4.79 Å². The molecule has 28 heavy (non-hydrogen) atoms. The van der Waals surface area contributed by atoms with Crippen LogP contribution in [0.2, 0.25) is 0 Å². The van der Waals surface area contributed by atoms with Gasteiger partial charge in [0.15, 0.2) is 5.82 Å². The van der Waals surface area contributed by atoms with Crippen molar-refractivity contribution in [2.24, 2.45) is 0 Å². The molecule has 1 atom stereocenters. The van der Waals surface area contributed by atoms with Crippen LogP contribution >= 0.6 is 0 Å². The third-order valence-electron chi connectivity index (χ3n) is 4.73. The van der Waals surface area contributed by atoms with Gasteiger partial charge in [-0.05, 0) is 41.6 Å². The van der Waals surface area contributed by atoms with E-state index < -0.39 is 6.04 Å². The van der Waals surface area contributed by atoms with Crippen LogP contribution in [-0.4, -0.2) is 73.4 Å². The number of aromatic nitrogens is 6. The summed E-state index contributed by atoms with van der Waals surface area (Å²) in [6, 6.07) is 6.63. The molecular weight excluding hydrogens is 364 g/mol. The second kappa shape index (κ2) is 7.10. The number of anilines is 1. The van der Waals surface area contributed by atoms with E-state index in [4.69, 9.17) is 4.74 Å². The minimum Gasteiger partial charge on any atom is -0.497 e. The van der Waals surface area contributed by atoms with E-state index in [0.717, 1.165) is 5.69 Å². The van der Waals surface area contributed by atoms with Gasteiger partial charge in [0.1, 0.15) is 23.7 Å². The van der Waals surface area contributed by atoms with Gasteiger partial charge in [-0.3, -0.25) is 14.7 Å². The quantitative estimate of drug-likeness (QED) is 0.687. The van der Waals surface area contributed by atoms with Crippen LogP contribution in [0.15, 0.2) is 36.8 Å². The summed E-state index contributed by atoms with van der Waals surface area (Å²) in [5.41, 5.74) is 1.06. The van der Waals surface area contributed by atoms with Gasteiger partial charge < -0.3 is 14.5 Å². The van der Waals surface area contributed by atoms with E-state index in [1.54, 1.807) is 31.1 Å². The predicted molar refractivity (Wildman–Crippen MR) is 97.1 cm³/mol. The molecule has 3 aromatic rings. The molecule has 1 aliphatic heterocycles. The molecule has 1 fully saturated rings. The lowest BCUT2D eigenvalue weighted by Gasteiger charge is -2.39. The lowest BCUT2D eigenvalue weighted by atomic mass is 10.1. The molecule has 4 rings (SSSR count). The van der Waals surface area contributed by atoms with Crippen LogP contribution < -0.4 is 9.64 Å². The third kappa shape index (κ3) is 2.96. The Labute approximate surface area is 159 Å². The number of piperazine rings is 1. The van der Waals surface area contributed by atoms with Crippen molar-refractivity contribution in [1.82, 2.24) is 35.3 Å². The number of tetrazole rings is 1. The summed E-state index contributed by atoms with van der Waals surface area (Å²) in [7, 11) is 1.59. The van der Waals surface area contributed by atoms with E-state index in [0.29, 0.717) is 30.2 Å². The molecular formula is C17H18N8O3. The number of nitrogens with one attached hydrogen (secondary N) is 1. The fourth-order valence-corrected chi connectivity index (χ4v) is 3.20. The van der Waals surface area contributed by atoms with Gasteiger partial charge in [-0.1, -0.05) is 0 Å². The summed E-state index contributed by atoms with van der Waals surface area (Å²) in [6.07, 6.45) is 2.77. The minimum atomic E-state index is -0.625. The van der Waals surface area contributed by atoms with Crippen LogP contribution in [0.25, 0.3) is 5.82 Å². The maximum Gasteiger partial charge on any atom is 0.260 e. The van der Waals surface area contributed by atoms with Crippen molar-refractivity contribution in [3.63, 3.8) is 0 Å². The Bertz CT molecular complexity index is 982. The summed E-state index contributed by atoms with van der Waals surface area (Å²) >= 11 is 0. The van der Waals surface area contributed by atoms with Crippen molar-refractivity contribution in [2.75, 3.05) is 25.1 Å². The topological polar surface area (TPSA) is 122 Å². The van der Waals surface area contributed by atoms with Crippen molar-refractivity contribution < 1.29 is 14.3 Å². The Kier molecular flexibility index (Phi) is 4.47. The van der Waals surface area contributed by atoms with Gasteiger partial charge in [0, 0.05) is 18.8 Å². The van der Waals surface area contributed by atoms with Gasteiger partial charge in [-0.25, -0.2) is 0 Å². The number of rotatable bonds is 4. The lowest BCUT2D eigenvalue weighted by molar-refractivity contribution is -0.124. The van der Waals surface area contributed by atoms with Crippen LogP contribution in [0.5, 0.6) is 5.75 Å². The first-order chi connectivity index (χ1) is 13.6. The highest BCUT2D eigenvalue weighted by Crippen LogP contribution is 2.24. The molecule has 144 valence electrons. The summed E-state index contributed by atoms with van der Waals surface area (Å²) in [5.74, 6) is 0.604. The molecule has 0 spiro atoms. The number of hydrogen-bond donors (Lipinski definition) is 1. The van der Waals surface area contributed by atoms with Crippen LogP contribution in [0, 0.1) is 0 Å². The summed E-state index contributed by atoms with van der Waals surface area (Å²) < 4.78 is 6.47. The fourth-order valence-electron chi connectivity index (χ4n) is 3.20. The summed E-state index contributed by atoms with van der Waals surface area (Å²) in [6.45, 7) is 2.49. The number of carbonyl (C=O) groups excluding carboxylic acids is 2. The zero-order chi connectivity index (χ0) is 19.7. The molecule has 1 saturated heterocycles. The van der Waals surface area contributed by atoms with Crippen LogP contribution in [0.1, 0.15) is 17.3 Å². The molecule has 2 amide bonds. The second-order valence-electron chi connectivity index (χ2n) is 6.25. The maximum absolute atomic E-state index is 13.1. The Morgan fingerprint density at radius 1 is 1.25 bits per heavy atom. The number of benzene rings is 1. The lowest BCUT2D eigenvalue weighted by Crippen LogP contribution is -2.57. The Morgan fingerprint density at radius 2 is 2.04 bits per heavy atom. The largest absolute Gasteiger partial charge is 0.497 e. The average molecular weight is 382 g/mol. The Hall–Kier alpha value is -3.76. The number of ether oxygens (including phenoxy) is 1. The standard InChI is InChI=1S/C17H18N8O3/c1-11-16(26)24(12-3-5-13(28-2)6-4-12)8-7-23(11)17(27)14-9-18-20-15(14)25-10-19-21-22-25/h3-6,9-11H,7-8H2,1-2H3,(H,18,20)/t11-/m1/s1. The zero-order valence-electron chi connectivity index (χ0n) is 15.3. The second-order valence-corrected chi connectivity index (χ2v) is 6.25. The van der Waals surface area contributed by atoms with Gasteiger partial charge in [0.05, 0.1) is 13.3 Å². The average Bonchev–Trinajstić information content (AvgIpc) is 3.41. The smallest absolute Gasteiger partial charge is 0.260 e. The first kappa shape index (κ1) is 17.6. The van der Waals surface area contributed by atoms with Gasteiger partial charge in [0.25, 0.3) is 5.91 Å². The molecule has 11 heteroatoms. The number of hydrogen-bond acceptors (Lipinski definition) is 7. The van der Waals surface area contributed by atoms with Crippen LogP contribution in [0.3, 0.4) is 0 Å². The van der Waals surface area contributed by atoms with Crippen molar-refractivity contribution in [3.05, 3.63) is 42.4 Å². The van der Waals surface area contributed by atoms with E-state index >= 15 is 0 Å². The van der Waals surface area contributed by atoms with Gasteiger partial charge in [-0.2, -0.15) is 9.78 Å². The highest BCUT2D eigenvalue weighted by atomic mass is 16.5. The first-order valence-electron chi connectivity index (χ1n) is 8.63. The molecule has 3 heterocycles. The summed E-state index contributed by atoms with van der Waals surface area (Å²) in [4.78, 5) is 29.2. The van der Waals surface area contributed by atoms with Crippen molar-refractivity contribution >= 4 is 17.5 Å². The van der Waals surface area contributed by atoms with Crippen molar-refractivity contribution in [3.8, 4) is 11.6 Å². The van der Waals surface area contributed by atoms with Gasteiger partial charge in [-0.15, -0.1) is 5.10 Å². The minimum absolute atomic E-state index is 0.155. The van der Waals surface area contributed by atoms with Crippen LogP contribution in [0.4, 0.5) is 5.69 Å². The number of nitrogens with zero attached hydrogens (tertiary/aromatic N) is 7. The predicted octanol–water partition coefficient (Wildman–Crippen LogP) is 0.271. The van der Waals surface area contributed by atoms with Crippen molar-refractivity contribution in [1.29, 1.82) is 0 Å². The molecule has 0 bridgehead atoms. The fraction of sp³-hybridized carbons (Fsp3) is 0.294. The molecule has 0 unspecified atom stereocenters. The maximum atomic E-state index is 13.1. The normalized spacial score (nSPS) is 17.1. The van der Waals surface area contributed by atoms with E-state index in [1.165, 1.54) is 22.1 Å². The summed E-state index contributed by atoms with van der Waals surface area (Å²) in [5, 5.41) is 17.5. The molecule has 1 aliphatic rings. The number of aromatic amines is 1. The van der Waals surface area contributed by atoms with Gasteiger partial charge >= 0.3 is 0 Å². The number of carbonyl (C=O) groups is 2. The molecule has 11 nitrogen and oxygen atoms in total. The van der Waals surface area contributed by atoms with E-state index in [2.05, 4.69) is 25.7 Å². The van der Waals surface area contributed by atoms with E-state index in [-0.39, 0.29) is 11.8 Å². The number of amides is 2. The number of H-pyrrole nitrogens is 1. The molecule has 2 aromatic heterocycles. The molecule has 1 N–H and O–H groups in total. The SMILES string of the molecule is COc1ccc(N2CCN(C(=O)c3cn[nH]c3-n3cnnn3)[C@H](C)C2=O)cc1. The van der Waals surface area contributed by atoms with E-state index in [9.17, 15) is 9.59 Å². The van der Waals surface area contributed by atoms with E-state index in [1.807, 2.05) is 12.1 Å². The highest BCUT2D eigenvalue weighted by Gasteiger charge is 2.36. The monoisotopic (exact) mass is 382 g/mol. The zero-order valence-corrected chi connectivity index (χ0v) is 15.3. The highest BCUT2D eigenvalue weighted by molar-refractivity contribution is 6.04. The Balaban J connectivity index is 1.54. The molecule has 0 radical (unpaired) electrons. The first-order valence-corrected chi connectivity index (χ1v) is 8.63. The van der Waals surface area contributed by atoms with Gasteiger partial charge in [0.2, 0.25) is 5.91 Å². The Morgan fingerprint density at radius 3 is 2.71 bits per heavy atom. The molecule has 0 saturated carbocycles.